The molecule has 0 saturated carbocycles. The summed E-state index contributed by atoms with van der Waals surface area (Å²) in [4.78, 5) is 53.5. The van der Waals surface area contributed by atoms with Crippen molar-refractivity contribution in [3.8, 4) is 0 Å². The van der Waals surface area contributed by atoms with Crippen molar-refractivity contribution in [2.75, 3.05) is 46.4 Å². The number of halogens is 9. The Morgan fingerprint density at radius 3 is 1.76 bits per heavy atom. The molecule has 0 bridgehead atoms. The third-order valence-corrected chi connectivity index (χ3v) is 6.03. The van der Waals surface area contributed by atoms with Gasteiger partial charge >= 0.3 is 36.4 Å². The first-order valence-corrected chi connectivity index (χ1v) is 12.8. The molecule has 22 heteroatoms. The number of amides is 1. The molecule has 1 unspecified atom stereocenters. The van der Waals surface area contributed by atoms with Crippen LogP contribution in [0.15, 0.2) is 24.5 Å². The number of carbonyl (C=O) groups is 4. The zero-order valence-electron chi connectivity index (χ0n) is 23.7. The fraction of sp³-hybridized carbons (Fsp3) is 0.625. The zero-order valence-corrected chi connectivity index (χ0v) is 23.7. The van der Waals surface area contributed by atoms with Crippen molar-refractivity contribution in [1.82, 2.24) is 19.8 Å². The van der Waals surface area contributed by atoms with Gasteiger partial charge in [-0.3, -0.25) is 24.4 Å². The monoisotopic (exact) mass is 688 g/mol. The summed E-state index contributed by atoms with van der Waals surface area (Å²) in [5, 5.41) is 22.9. The van der Waals surface area contributed by atoms with E-state index in [0.29, 0.717) is 19.8 Å². The molecule has 1 spiro atoms. The van der Waals surface area contributed by atoms with Crippen LogP contribution in [0.4, 0.5) is 39.5 Å². The Hall–Kier alpha value is -3.76. The van der Waals surface area contributed by atoms with Crippen molar-refractivity contribution in [2.24, 2.45) is 0 Å². The molecule has 13 nitrogen and oxygen atoms in total. The van der Waals surface area contributed by atoms with Gasteiger partial charge in [-0.25, -0.2) is 19.4 Å². The number of ether oxygens (including phenoxy) is 1. The van der Waals surface area contributed by atoms with E-state index in [0.717, 1.165) is 39.0 Å². The number of likely N-dealkylation sites (tertiary alicyclic amines) is 1. The molecule has 4 heterocycles. The Kier molecular flexibility index (Phi) is 14.6. The second-order valence-corrected chi connectivity index (χ2v) is 9.82. The van der Waals surface area contributed by atoms with E-state index in [2.05, 4.69) is 20.9 Å². The van der Waals surface area contributed by atoms with Crippen LogP contribution < -0.4 is 0 Å². The highest BCUT2D eigenvalue weighted by Gasteiger charge is 2.50. The zero-order chi connectivity index (χ0) is 35.5. The summed E-state index contributed by atoms with van der Waals surface area (Å²) in [5.74, 6) is -8.24. The molecule has 1 atom stereocenters. The maximum Gasteiger partial charge on any atom is 0.490 e. The minimum atomic E-state index is -5.08. The second-order valence-electron chi connectivity index (χ2n) is 9.82. The topological polar surface area (TPSA) is 170 Å². The fourth-order valence-corrected chi connectivity index (χ4v) is 4.01. The van der Waals surface area contributed by atoms with Gasteiger partial charge in [0.25, 0.3) is 5.91 Å². The summed E-state index contributed by atoms with van der Waals surface area (Å²) < 4.78 is 101. The summed E-state index contributed by atoms with van der Waals surface area (Å²) in [6.07, 6.45) is -9.51. The van der Waals surface area contributed by atoms with Gasteiger partial charge in [0, 0.05) is 45.1 Å². The van der Waals surface area contributed by atoms with Gasteiger partial charge in [-0.1, -0.05) is 6.07 Å². The van der Waals surface area contributed by atoms with Crippen LogP contribution in [0.2, 0.25) is 0 Å². The molecule has 3 aliphatic rings. The molecule has 0 radical (unpaired) electrons. The highest BCUT2D eigenvalue weighted by molar-refractivity contribution is 5.81. The summed E-state index contributed by atoms with van der Waals surface area (Å²) in [7, 11) is 2.01. The number of hydrogen-bond donors (Lipinski definition) is 3. The quantitative estimate of drug-likeness (QED) is 0.397. The van der Waals surface area contributed by atoms with E-state index in [1.807, 2.05) is 19.3 Å². The Morgan fingerprint density at radius 1 is 0.891 bits per heavy atom. The number of hydrogen-bond acceptors (Lipinski definition) is 9. The van der Waals surface area contributed by atoms with Crippen molar-refractivity contribution in [1.29, 1.82) is 0 Å². The number of aliphatic carboxylic acids is 3. The Bertz CT molecular complexity index is 1100. The first-order valence-electron chi connectivity index (χ1n) is 12.8. The molecule has 262 valence electrons. The number of aromatic nitrogens is 1. The van der Waals surface area contributed by atoms with E-state index in [1.54, 1.807) is 6.20 Å². The maximum absolute atomic E-state index is 12.6. The maximum atomic E-state index is 12.6. The van der Waals surface area contributed by atoms with Gasteiger partial charge < -0.3 is 20.1 Å². The molecule has 4 rings (SSSR count). The number of carbonyl (C=O) groups excluding carboxylic acids is 1. The highest BCUT2D eigenvalue weighted by Crippen LogP contribution is 2.32. The first kappa shape index (κ1) is 40.3. The van der Waals surface area contributed by atoms with Crippen LogP contribution in [0.5, 0.6) is 0 Å². The van der Waals surface area contributed by atoms with Crippen LogP contribution in [0, 0.1) is 0 Å². The number of carboxylic acid groups (broad SMARTS) is 3. The number of morpholine rings is 1. The van der Waals surface area contributed by atoms with E-state index < -0.39 is 36.4 Å². The van der Waals surface area contributed by atoms with E-state index in [1.165, 1.54) is 10.6 Å². The largest absolute Gasteiger partial charge is 0.490 e. The third-order valence-electron chi connectivity index (χ3n) is 6.03. The number of carboxylic acids is 3. The number of alkyl halides is 9. The first-order chi connectivity index (χ1) is 21.0. The normalized spacial score (nSPS) is 20.0. The number of hydroxylamine groups is 2. The lowest BCUT2D eigenvalue weighted by Gasteiger charge is -2.55. The van der Waals surface area contributed by atoms with E-state index in [9.17, 15) is 44.3 Å². The van der Waals surface area contributed by atoms with Gasteiger partial charge in [0.1, 0.15) is 11.6 Å². The van der Waals surface area contributed by atoms with Crippen LogP contribution in [0.3, 0.4) is 0 Å². The Labute approximate surface area is 254 Å². The molecule has 0 aliphatic carbocycles. The van der Waals surface area contributed by atoms with E-state index >= 15 is 0 Å². The molecule has 3 N–H and O–H groups in total. The van der Waals surface area contributed by atoms with Crippen molar-refractivity contribution < 1.29 is 83.6 Å². The van der Waals surface area contributed by atoms with Crippen LogP contribution in [0.1, 0.15) is 18.4 Å². The minimum absolute atomic E-state index is 0.0311. The third kappa shape index (κ3) is 13.7. The highest BCUT2D eigenvalue weighted by atomic mass is 19.4. The number of rotatable bonds is 3. The van der Waals surface area contributed by atoms with Crippen molar-refractivity contribution >= 4 is 23.8 Å². The molecule has 46 heavy (non-hydrogen) atoms. The summed E-state index contributed by atoms with van der Waals surface area (Å²) in [5.41, 5.74) is 1.08. The number of likely N-dealkylation sites (N-methyl/N-ethyl adjacent to an activating group) is 1. The van der Waals surface area contributed by atoms with E-state index in [-0.39, 0.29) is 17.6 Å². The van der Waals surface area contributed by atoms with Crippen LogP contribution >= 0.6 is 0 Å². The molecular weight excluding hydrogens is 659 g/mol. The van der Waals surface area contributed by atoms with Crippen LogP contribution in [0.25, 0.3) is 0 Å². The van der Waals surface area contributed by atoms with E-state index in [4.69, 9.17) is 39.3 Å². The molecule has 1 aromatic heterocycles. The molecule has 0 aromatic carbocycles. The lowest BCUT2D eigenvalue weighted by atomic mass is 9.90. The SMILES string of the molecule is CN1CC2(CN(Cc3cccnc3)C2)OCC1C(=O)N1CCCCO1.O=C(O)C(F)(F)F.O=C(O)C(F)(F)F.O=C(O)C(F)(F)F. The molecule has 1 amide bonds. The molecule has 1 aromatic rings. The number of nitrogens with zero attached hydrogens (tertiary/aromatic N) is 4. The van der Waals surface area contributed by atoms with Crippen LogP contribution in [-0.2, 0) is 35.3 Å². The summed E-state index contributed by atoms with van der Waals surface area (Å²) in [6, 6.07) is 3.82. The van der Waals surface area contributed by atoms with Gasteiger partial charge in [0.2, 0.25) is 0 Å². The van der Waals surface area contributed by atoms with Crippen molar-refractivity contribution in [3.05, 3.63) is 30.1 Å². The predicted octanol–water partition coefficient (Wildman–Crippen LogP) is 2.42. The van der Waals surface area contributed by atoms with Gasteiger partial charge in [-0.2, -0.15) is 39.5 Å². The number of pyridine rings is 1. The molecular formula is C24H29F9N4O9. The molecule has 3 aliphatic heterocycles. The van der Waals surface area contributed by atoms with Gasteiger partial charge in [-0.05, 0) is 31.5 Å². The van der Waals surface area contributed by atoms with Crippen molar-refractivity contribution in [3.63, 3.8) is 0 Å². The Balaban J connectivity index is 0.000000413. The smallest absolute Gasteiger partial charge is 0.475 e. The lowest BCUT2D eigenvalue weighted by molar-refractivity contribution is -0.224. The fourth-order valence-electron chi connectivity index (χ4n) is 4.01. The standard InChI is InChI=1S/C18H26N4O3.3C2HF3O2/c1-20-12-18(13-21(14-18)10-15-5-4-6-19-9-15)24-11-16(20)17(23)22-7-2-3-8-25-22;3*3-2(4,5)1(6)7/h4-6,9,16H,2-3,7-8,10-14H2,1H3;3*(H,6,7). The van der Waals surface area contributed by atoms with Gasteiger partial charge in [-0.15, -0.1) is 0 Å². The molecule has 3 saturated heterocycles. The van der Waals surface area contributed by atoms with Crippen molar-refractivity contribution in [2.45, 2.75) is 49.6 Å². The Morgan fingerprint density at radius 2 is 1.39 bits per heavy atom. The second kappa shape index (κ2) is 16.7. The average molecular weight is 688 g/mol. The van der Waals surface area contributed by atoms with Gasteiger partial charge in [0.15, 0.2) is 0 Å². The van der Waals surface area contributed by atoms with Gasteiger partial charge in [0.05, 0.1) is 13.2 Å². The average Bonchev–Trinajstić information content (AvgIpc) is 2.92. The predicted molar refractivity (Wildman–Crippen MR) is 133 cm³/mol. The summed E-state index contributed by atoms with van der Waals surface area (Å²) >= 11 is 0. The summed E-state index contributed by atoms with van der Waals surface area (Å²) in [6.45, 7) is 5.23. The lowest BCUT2D eigenvalue weighted by Crippen LogP contribution is -2.72. The minimum Gasteiger partial charge on any atom is -0.475 e. The van der Waals surface area contributed by atoms with Crippen LogP contribution in [-0.4, -0.2) is 136 Å². The molecule has 3 fully saturated rings.